The topological polar surface area (TPSA) is 147 Å². The maximum atomic E-state index is 10.4. The molecule has 0 saturated carbocycles. The molecule has 0 aromatic heterocycles. The molecule has 0 saturated heterocycles. The van der Waals surface area contributed by atoms with Crippen LogP contribution in [0, 0.1) is 0 Å². The van der Waals surface area contributed by atoms with Gasteiger partial charge in [-0.1, -0.05) is 32.6 Å². The van der Waals surface area contributed by atoms with Crippen molar-refractivity contribution in [2.45, 2.75) is 33.1 Å². The van der Waals surface area contributed by atoms with Crippen LogP contribution < -0.4 is 0 Å². The molecule has 29 heavy (non-hydrogen) atoms. The molecule has 0 radical (unpaired) electrons. The number of carbonyl (C=O) groups excluding carboxylic acids is 2. The zero-order chi connectivity index (χ0) is 23.2. The Morgan fingerprint density at radius 1 is 1.10 bits per heavy atom. The van der Waals surface area contributed by atoms with Gasteiger partial charge in [0.1, 0.15) is 0 Å². The van der Waals surface area contributed by atoms with Crippen LogP contribution in [0.3, 0.4) is 0 Å². The number of hydrogen-bond donors (Lipinski definition) is 3. The zero-order valence-electron chi connectivity index (χ0n) is 17.1. The number of aliphatic carboxylic acids is 2. The first-order valence-corrected chi connectivity index (χ1v) is 8.55. The van der Waals surface area contributed by atoms with Crippen molar-refractivity contribution in [2.24, 2.45) is 0 Å². The highest BCUT2D eigenvalue weighted by molar-refractivity contribution is 5.92. The zero-order valence-corrected chi connectivity index (χ0v) is 17.1. The lowest BCUT2D eigenvalue weighted by Gasteiger charge is -1.97. The number of ether oxygens (including phenoxy) is 2. The van der Waals surface area contributed by atoms with Gasteiger partial charge in [0.15, 0.2) is 0 Å². The van der Waals surface area contributed by atoms with Crippen LogP contribution in [0.4, 0.5) is 0 Å². The van der Waals surface area contributed by atoms with E-state index in [1.165, 1.54) is 19.3 Å². The molecule has 0 heterocycles. The minimum atomic E-state index is -1.22. The van der Waals surface area contributed by atoms with E-state index >= 15 is 0 Å². The minimum absolute atomic E-state index is 0.142. The van der Waals surface area contributed by atoms with Gasteiger partial charge in [-0.3, -0.25) is 0 Å². The van der Waals surface area contributed by atoms with E-state index in [0.29, 0.717) is 12.2 Å². The van der Waals surface area contributed by atoms with Gasteiger partial charge in [-0.25, -0.2) is 19.2 Å². The van der Waals surface area contributed by atoms with E-state index in [4.69, 9.17) is 15.3 Å². The molecule has 0 aliphatic rings. The van der Waals surface area contributed by atoms with Gasteiger partial charge in [-0.15, -0.1) is 0 Å². The van der Waals surface area contributed by atoms with Crippen molar-refractivity contribution in [3.8, 4) is 0 Å². The van der Waals surface area contributed by atoms with E-state index in [0.717, 1.165) is 25.0 Å². The number of carboxylic acids is 2. The number of aliphatic hydroxyl groups excluding tert-OH is 1. The highest BCUT2D eigenvalue weighted by Gasteiger charge is 2.02. The standard InChI is InChI=1S/C8H10O5.C7H12O2.C5H8O2/c9-5-1-2-6(8(12)13)3-4-7(10)11;1-3-5-6-9-7(8)4-2;1-4(2)5(6)7-3/h2-4,9H,1,5H2,(H,10,11)(H,12,13);4H,2-3,5-6H2,1H3;1H2,2-3H3. The first-order valence-electron chi connectivity index (χ1n) is 8.55. The second-order valence-electron chi connectivity index (χ2n) is 5.15. The molecular weight excluding hydrogens is 384 g/mol. The lowest BCUT2D eigenvalue weighted by molar-refractivity contribution is -0.138. The second-order valence-corrected chi connectivity index (χ2v) is 5.15. The van der Waals surface area contributed by atoms with Crippen LogP contribution in [0.1, 0.15) is 33.1 Å². The maximum absolute atomic E-state index is 10.4. The summed E-state index contributed by atoms with van der Waals surface area (Å²) in [5.41, 5.74) is 0.291. The van der Waals surface area contributed by atoms with Crippen molar-refractivity contribution in [1.29, 1.82) is 0 Å². The third kappa shape index (κ3) is 24.8. The Kier molecular flexibility index (Phi) is 22.2. The van der Waals surface area contributed by atoms with E-state index in [1.54, 1.807) is 6.92 Å². The molecule has 0 spiro atoms. The predicted molar refractivity (Wildman–Crippen MR) is 107 cm³/mol. The van der Waals surface area contributed by atoms with E-state index in [9.17, 15) is 19.2 Å². The first kappa shape index (κ1) is 30.5. The monoisotopic (exact) mass is 414 g/mol. The van der Waals surface area contributed by atoms with Gasteiger partial charge >= 0.3 is 23.9 Å². The summed E-state index contributed by atoms with van der Waals surface area (Å²) in [7, 11) is 1.33. The molecule has 3 N–H and O–H groups in total. The smallest absolute Gasteiger partial charge is 0.335 e. The number of carbonyl (C=O) groups is 4. The number of hydrogen-bond acceptors (Lipinski definition) is 7. The molecule has 164 valence electrons. The normalized spacial score (nSPS) is 9.86. The SMILES string of the molecule is C=C(C)C(=O)OC.C=CC(=O)OCCCC.O=C(O)C=CC(=CCCO)C(=O)O. The summed E-state index contributed by atoms with van der Waals surface area (Å²) in [6, 6.07) is 0. The van der Waals surface area contributed by atoms with Crippen molar-refractivity contribution >= 4 is 23.9 Å². The van der Waals surface area contributed by atoms with Gasteiger partial charge < -0.3 is 24.8 Å². The number of aliphatic hydroxyl groups is 1. The van der Waals surface area contributed by atoms with E-state index in [2.05, 4.69) is 22.6 Å². The molecule has 0 rings (SSSR count). The van der Waals surface area contributed by atoms with Crippen molar-refractivity contribution in [2.75, 3.05) is 20.3 Å². The van der Waals surface area contributed by atoms with Crippen LogP contribution in [-0.2, 0) is 28.7 Å². The summed E-state index contributed by atoms with van der Waals surface area (Å²) in [5.74, 6) is -3.11. The molecule has 0 aliphatic carbocycles. The molecule has 0 amide bonds. The van der Waals surface area contributed by atoms with E-state index in [-0.39, 0.29) is 30.5 Å². The number of esters is 2. The average Bonchev–Trinajstić information content (AvgIpc) is 2.67. The molecule has 0 atom stereocenters. The summed E-state index contributed by atoms with van der Waals surface area (Å²) >= 11 is 0. The molecule has 0 aliphatic heterocycles. The lowest BCUT2D eigenvalue weighted by Crippen LogP contribution is -2.00. The largest absolute Gasteiger partial charge is 0.478 e. The third-order valence-electron chi connectivity index (χ3n) is 2.59. The van der Waals surface area contributed by atoms with E-state index < -0.39 is 11.9 Å². The Bertz CT molecular complexity index is 601. The third-order valence-corrected chi connectivity index (χ3v) is 2.59. The Labute approximate surface area is 170 Å². The molecule has 9 nitrogen and oxygen atoms in total. The first-order chi connectivity index (χ1) is 13.6. The Hall–Kier alpha value is -3.20. The van der Waals surface area contributed by atoms with Crippen LogP contribution >= 0.6 is 0 Å². The summed E-state index contributed by atoms with van der Waals surface area (Å²) in [5, 5.41) is 25.1. The van der Waals surface area contributed by atoms with Gasteiger partial charge in [-0.05, 0) is 25.8 Å². The van der Waals surface area contributed by atoms with Crippen molar-refractivity contribution in [3.05, 3.63) is 48.6 Å². The average molecular weight is 414 g/mol. The number of carboxylic acid groups (broad SMARTS) is 2. The van der Waals surface area contributed by atoms with Crippen molar-refractivity contribution in [3.63, 3.8) is 0 Å². The number of methoxy groups -OCH3 is 1. The predicted octanol–water partition coefficient (Wildman–Crippen LogP) is 2.27. The van der Waals surface area contributed by atoms with Crippen LogP contribution in [0.25, 0.3) is 0 Å². The highest BCUT2D eigenvalue weighted by Crippen LogP contribution is 1.99. The molecule has 0 fully saturated rings. The molecule has 0 bridgehead atoms. The van der Waals surface area contributed by atoms with Gasteiger partial charge in [0.05, 0.1) is 19.3 Å². The second kappa shape index (κ2) is 21.1. The summed E-state index contributed by atoms with van der Waals surface area (Å²) in [4.78, 5) is 41.0. The fraction of sp³-hybridized carbons (Fsp3) is 0.400. The summed E-state index contributed by atoms with van der Waals surface area (Å²) in [6.45, 7) is 10.6. The van der Waals surface area contributed by atoms with Gasteiger partial charge in [0, 0.05) is 24.3 Å². The number of rotatable bonds is 10. The van der Waals surface area contributed by atoms with Crippen molar-refractivity contribution in [1.82, 2.24) is 0 Å². The van der Waals surface area contributed by atoms with Gasteiger partial charge in [-0.2, -0.15) is 0 Å². The molecule has 0 unspecified atom stereocenters. The van der Waals surface area contributed by atoms with Gasteiger partial charge in [0.2, 0.25) is 0 Å². The van der Waals surface area contributed by atoms with Crippen LogP contribution in [0.15, 0.2) is 48.6 Å². The fourth-order valence-electron chi connectivity index (χ4n) is 1.16. The Balaban J connectivity index is -0.000000370. The Morgan fingerprint density at radius 3 is 2.00 bits per heavy atom. The highest BCUT2D eigenvalue weighted by atomic mass is 16.5. The quantitative estimate of drug-likeness (QED) is 0.212. The molecular formula is C20H30O9. The number of unbranched alkanes of at least 4 members (excludes halogenated alkanes) is 1. The summed E-state index contributed by atoms with van der Waals surface area (Å²) in [6.07, 6.45) is 6.30. The fourth-order valence-corrected chi connectivity index (χ4v) is 1.16. The minimum Gasteiger partial charge on any atom is -0.478 e. The van der Waals surface area contributed by atoms with Crippen LogP contribution in [0.2, 0.25) is 0 Å². The lowest BCUT2D eigenvalue weighted by atomic mass is 10.2. The van der Waals surface area contributed by atoms with Gasteiger partial charge in [0.25, 0.3) is 0 Å². The van der Waals surface area contributed by atoms with E-state index in [1.807, 2.05) is 6.92 Å². The molecule has 9 heteroatoms. The van der Waals surface area contributed by atoms with Crippen molar-refractivity contribution < 1.29 is 44.0 Å². The Morgan fingerprint density at radius 2 is 1.69 bits per heavy atom. The molecule has 0 aromatic carbocycles. The summed E-state index contributed by atoms with van der Waals surface area (Å²) < 4.78 is 8.95. The van der Waals surface area contributed by atoms with Crippen LogP contribution in [0.5, 0.6) is 0 Å². The maximum Gasteiger partial charge on any atom is 0.335 e. The van der Waals surface area contributed by atoms with Crippen LogP contribution in [-0.4, -0.2) is 59.5 Å². The molecule has 0 aromatic rings.